The fourth-order valence-corrected chi connectivity index (χ4v) is 0.955. The largest absolute Gasteiger partial charge is 1.00 e. The molecule has 0 atom stereocenters. The summed E-state index contributed by atoms with van der Waals surface area (Å²) in [6, 6.07) is 0. The third-order valence-corrected chi connectivity index (χ3v) is 1.46. The minimum absolute atomic E-state index is 0. The Labute approximate surface area is 91.3 Å². The molecule has 12 heavy (non-hydrogen) atoms. The van der Waals surface area contributed by atoms with Gasteiger partial charge in [-0.2, -0.15) is 0 Å². The first-order chi connectivity index (χ1) is 5.42. The van der Waals surface area contributed by atoms with E-state index in [2.05, 4.69) is 25.3 Å². The van der Waals surface area contributed by atoms with Crippen molar-refractivity contribution in [3.05, 3.63) is 12.7 Å². The van der Waals surface area contributed by atoms with Crippen molar-refractivity contribution in [1.82, 2.24) is 19.9 Å². The van der Waals surface area contributed by atoms with Gasteiger partial charge in [-0.15, -0.1) is 0 Å². The molecule has 0 saturated carbocycles. The van der Waals surface area contributed by atoms with Crippen LogP contribution in [0.15, 0.2) is 12.7 Å². The van der Waals surface area contributed by atoms with E-state index >= 15 is 0 Å². The van der Waals surface area contributed by atoms with E-state index in [-0.39, 0.29) is 29.6 Å². The monoisotopic (exact) mass is 172 g/mol. The van der Waals surface area contributed by atoms with Gasteiger partial charge in [0.25, 0.3) is 0 Å². The standard InChI is InChI=1S/C6H7N5.Na/c1-7-5-4-6(10-2-8-4)11-3-9-5;/h2-3H,1H3,(H2,7,8,9,10,11);/q;+1. The normalized spacial score (nSPS) is 9.42. The van der Waals surface area contributed by atoms with E-state index in [0.717, 1.165) is 11.3 Å². The first-order valence-corrected chi connectivity index (χ1v) is 3.23. The molecule has 0 aliphatic rings. The number of nitrogens with one attached hydrogen (secondary N) is 2. The fourth-order valence-electron chi connectivity index (χ4n) is 0.955. The quantitative estimate of drug-likeness (QED) is 0.463. The molecule has 0 bridgehead atoms. The maximum atomic E-state index is 4.00. The number of hydrogen-bond acceptors (Lipinski definition) is 4. The van der Waals surface area contributed by atoms with Gasteiger partial charge in [0, 0.05) is 7.05 Å². The van der Waals surface area contributed by atoms with E-state index in [9.17, 15) is 0 Å². The second-order valence-corrected chi connectivity index (χ2v) is 2.07. The van der Waals surface area contributed by atoms with Crippen molar-refractivity contribution in [1.29, 1.82) is 0 Å². The molecule has 6 heteroatoms. The van der Waals surface area contributed by atoms with Gasteiger partial charge in [0.2, 0.25) is 0 Å². The van der Waals surface area contributed by atoms with Crippen LogP contribution in [0.5, 0.6) is 0 Å². The van der Waals surface area contributed by atoms with E-state index in [1.807, 2.05) is 7.05 Å². The number of rotatable bonds is 1. The maximum absolute atomic E-state index is 4.00. The fraction of sp³-hybridized carbons (Fsp3) is 0.167. The predicted molar refractivity (Wildman–Crippen MR) is 41.2 cm³/mol. The molecule has 0 radical (unpaired) electrons. The summed E-state index contributed by atoms with van der Waals surface area (Å²) in [4.78, 5) is 14.9. The van der Waals surface area contributed by atoms with Crippen molar-refractivity contribution >= 4 is 17.0 Å². The number of anilines is 1. The molecular weight excluding hydrogens is 165 g/mol. The second-order valence-electron chi connectivity index (χ2n) is 2.07. The smallest absolute Gasteiger partial charge is 0.371 e. The summed E-state index contributed by atoms with van der Waals surface area (Å²) in [5, 5.41) is 2.93. The Morgan fingerprint density at radius 2 is 2.17 bits per heavy atom. The average Bonchev–Trinajstić information content (AvgIpc) is 2.50. The zero-order valence-corrected chi connectivity index (χ0v) is 9.00. The Balaban J connectivity index is 0.000000720. The third-order valence-electron chi connectivity index (χ3n) is 1.46. The van der Waals surface area contributed by atoms with Gasteiger partial charge in [0.1, 0.15) is 11.8 Å². The van der Waals surface area contributed by atoms with Crippen LogP contribution in [0.2, 0.25) is 0 Å². The Hall–Kier alpha value is -0.650. The number of H-pyrrole nitrogens is 1. The van der Waals surface area contributed by atoms with Gasteiger partial charge >= 0.3 is 29.6 Å². The van der Waals surface area contributed by atoms with Gasteiger partial charge in [-0.25, -0.2) is 15.0 Å². The summed E-state index contributed by atoms with van der Waals surface area (Å²) in [6.07, 6.45) is 3.08. The molecule has 2 heterocycles. The molecule has 0 aliphatic carbocycles. The summed E-state index contributed by atoms with van der Waals surface area (Å²) in [5.74, 6) is 0.771. The molecule has 0 amide bonds. The molecule has 2 aromatic heterocycles. The topological polar surface area (TPSA) is 66.5 Å². The molecule has 2 aromatic rings. The third kappa shape index (κ3) is 1.43. The summed E-state index contributed by atoms with van der Waals surface area (Å²) >= 11 is 0. The summed E-state index contributed by atoms with van der Waals surface area (Å²) in [6.45, 7) is 0. The van der Waals surface area contributed by atoms with Crippen LogP contribution in [0.4, 0.5) is 5.82 Å². The van der Waals surface area contributed by atoms with Gasteiger partial charge < -0.3 is 10.3 Å². The zero-order valence-electron chi connectivity index (χ0n) is 7.00. The van der Waals surface area contributed by atoms with E-state index in [4.69, 9.17) is 0 Å². The predicted octanol–water partition coefficient (Wildman–Crippen LogP) is -2.60. The van der Waals surface area contributed by atoms with Crippen LogP contribution >= 0.6 is 0 Å². The van der Waals surface area contributed by atoms with Gasteiger partial charge in [-0.1, -0.05) is 0 Å². The molecule has 0 saturated heterocycles. The van der Waals surface area contributed by atoms with Crippen LogP contribution in [-0.2, 0) is 0 Å². The molecule has 0 aromatic carbocycles. The Bertz CT molecular complexity index is 371. The Morgan fingerprint density at radius 1 is 1.33 bits per heavy atom. The van der Waals surface area contributed by atoms with Crippen molar-refractivity contribution in [2.24, 2.45) is 0 Å². The van der Waals surface area contributed by atoms with Crippen LogP contribution in [0.3, 0.4) is 0 Å². The SMILES string of the molecule is CNc1ncnc2nc[nH]c12.[Na+]. The summed E-state index contributed by atoms with van der Waals surface area (Å²) < 4.78 is 0. The molecular formula is C6H7N5Na+. The van der Waals surface area contributed by atoms with Crippen LogP contribution in [0.25, 0.3) is 11.2 Å². The molecule has 0 aliphatic heterocycles. The van der Waals surface area contributed by atoms with E-state index in [0.29, 0.717) is 5.65 Å². The number of fused-ring (bicyclic) bond motifs is 1. The van der Waals surface area contributed by atoms with Gasteiger partial charge in [0.15, 0.2) is 11.5 Å². The molecule has 2 N–H and O–H groups in total. The van der Waals surface area contributed by atoms with Crippen LogP contribution in [0, 0.1) is 0 Å². The Morgan fingerprint density at radius 3 is 2.92 bits per heavy atom. The van der Waals surface area contributed by atoms with E-state index < -0.39 is 0 Å². The minimum Gasteiger partial charge on any atom is -0.371 e. The van der Waals surface area contributed by atoms with Gasteiger partial charge in [-0.3, -0.25) is 0 Å². The first kappa shape index (κ1) is 9.44. The number of aromatic amines is 1. The number of imidazole rings is 1. The van der Waals surface area contributed by atoms with Gasteiger partial charge in [-0.05, 0) is 0 Å². The molecule has 56 valence electrons. The van der Waals surface area contributed by atoms with Crippen molar-refractivity contribution in [3.63, 3.8) is 0 Å². The van der Waals surface area contributed by atoms with Crippen molar-refractivity contribution < 1.29 is 29.6 Å². The van der Waals surface area contributed by atoms with Crippen molar-refractivity contribution in [3.8, 4) is 0 Å². The van der Waals surface area contributed by atoms with E-state index in [1.165, 1.54) is 6.33 Å². The summed E-state index contributed by atoms with van der Waals surface area (Å²) in [7, 11) is 1.81. The molecule has 0 unspecified atom stereocenters. The number of aromatic nitrogens is 4. The molecule has 5 nitrogen and oxygen atoms in total. The Kier molecular flexibility index (Phi) is 3.02. The second kappa shape index (κ2) is 3.84. The minimum atomic E-state index is 0. The maximum Gasteiger partial charge on any atom is 1.00 e. The molecule has 0 fully saturated rings. The van der Waals surface area contributed by atoms with Crippen molar-refractivity contribution in [2.45, 2.75) is 0 Å². The first-order valence-electron chi connectivity index (χ1n) is 3.23. The average molecular weight is 172 g/mol. The summed E-state index contributed by atoms with van der Waals surface area (Å²) in [5.41, 5.74) is 1.53. The van der Waals surface area contributed by atoms with E-state index in [1.54, 1.807) is 6.33 Å². The number of nitrogens with zero attached hydrogens (tertiary/aromatic N) is 3. The molecule has 2 rings (SSSR count). The van der Waals surface area contributed by atoms with Crippen LogP contribution in [0.1, 0.15) is 0 Å². The number of hydrogen-bond donors (Lipinski definition) is 2. The van der Waals surface area contributed by atoms with Crippen LogP contribution < -0.4 is 34.9 Å². The van der Waals surface area contributed by atoms with Crippen LogP contribution in [-0.4, -0.2) is 27.0 Å². The zero-order chi connectivity index (χ0) is 7.68. The van der Waals surface area contributed by atoms with Crippen molar-refractivity contribution in [2.75, 3.05) is 12.4 Å². The van der Waals surface area contributed by atoms with Gasteiger partial charge in [0.05, 0.1) is 6.33 Å². The molecule has 0 spiro atoms.